The first-order valence-electron chi connectivity index (χ1n) is 9.75. The molecule has 0 saturated carbocycles. The minimum absolute atomic E-state index is 0.216. The molecule has 1 atom stereocenters. The van der Waals surface area contributed by atoms with Crippen LogP contribution >= 0.6 is 0 Å². The fraction of sp³-hybridized carbons (Fsp3) is 0.217. The van der Waals surface area contributed by atoms with E-state index < -0.39 is 11.9 Å². The molecule has 8 heteroatoms. The number of carboxylic acid groups (broad SMARTS) is 2. The van der Waals surface area contributed by atoms with Gasteiger partial charge in [-0.3, -0.25) is 0 Å². The predicted octanol–water partition coefficient (Wildman–Crippen LogP) is 3.30. The molecule has 1 aliphatic rings. The Morgan fingerprint density at radius 1 is 1.13 bits per heavy atom. The van der Waals surface area contributed by atoms with Gasteiger partial charge in [-0.25, -0.2) is 14.0 Å². The Labute approximate surface area is 178 Å². The number of benzene rings is 2. The summed E-state index contributed by atoms with van der Waals surface area (Å²) in [6, 6.07) is 15.7. The first-order chi connectivity index (χ1) is 14.9. The summed E-state index contributed by atoms with van der Waals surface area (Å²) in [5.41, 5.74) is 2.94. The number of carbonyl (C=O) groups is 2. The van der Waals surface area contributed by atoms with Gasteiger partial charge in [0, 0.05) is 49.3 Å². The number of carboxylic acids is 2. The second-order valence-corrected chi connectivity index (χ2v) is 7.06. The number of anilines is 1. The van der Waals surface area contributed by atoms with E-state index in [1.54, 1.807) is 12.3 Å². The Hall–Kier alpha value is -3.65. The van der Waals surface area contributed by atoms with Gasteiger partial charge in [-0.1, -0.05) is 30.3 Å². The van der Waals surface area contributed by atoms with Gasteiger partial charge < -0.3 is 24.8 Å². The van der Waals surface area contributed by atoms with Crippen LogP contribution in [0.15, 0.2) is 71.4 Å². The molecule has 1 aromatic heterocycles. The molecule has 2 heterocycles. The minimum Gasteiger partial charge on any atom is -0.478 e. The Bertz CT molecular complexity index is 1050. The molecule has 7 nitrogen and oxygen atoms in total. The van der Waals surface area contributed by atoms with E-state index in [2.05, 4.69) is 34.5 Å². The van der Waals surface area contributed by atoms with E-state index in [9.17, 15) is 14.0 Å². The van der Waals surface area contributed by atoms with E-state index in [1.165, 1.54) is 11.6 Å². The van der Waals surface area contributed by atoms with Crippen molar-refractivity contribution in [2.45, 2.75) is 12.5 Å². The van der Waals surface area contributed by atoms with Crippen molar-refractivity contribution in [2.75, 3.05) is 24.5 Å². The highest BCUT2D eigenvalue weighted by molar-refractivity contribution is 5.90. The van der Waals surface area contributed by atoms with Gasteiger partial charge in [-0.05, 0) is 24.1 Å². The van der Waals surface area contributed by atoms with Gasteiger partial charge in [0.2, 0.25) is 0 Å². The molecule has 2 aromatic carbocycles. The zero-order valence-electron chi connectivity index (χ0n) is 16.7. The van der Waals surface area contributed by atoms with E-state index in [-0.39, 0.29) is 5.82 Å². The third kappa shape index (κ3) is 6.42. The molecule has 0 unspecified atom stereocenters. The van der Waals surface area contributed by atoms with Crippen LogP contribution in [0.4, 0.5) is 10.1 Å². The smallest absolute Gasteiger partial charge is 0.328 e. The topological polar surface area (TPSA) is 103 Å². The lowest BCUT2D eigenvalue weighted by molar-refractivity contribution is -0.134. The molecule has 1 aliphatic heterocycles. The number of fused-ring (bicyclic) bond motifs is 1. The average Bonchev–Trinajstić information content (AvgIpc) is 3.21. The van der Waals surface area contributed by atoms with Gasteiger partial charge in [0.1, 0.15) is 5.82 Å². The standard InChI is InChI=1S/C19H19FN2O.C4H4O4/c20-16-11-15-6-9-23-19(15)18(12-16)22-8-7-21-17(13-22)10-14-4-2-1-3-5-14;5-3(6)1-2-4(7)8/h1-6,9,11-12,17,21H,7-8,10,13H2;1-2H,(H,5,6)(H,7,8)/b;2-1+/t17-;/m0./s1. The van der Waals surface area contributed by atoms with Crippen molar-refractivity contribution in [3.8, 4) is 0 Å². The summed E-state index contributed by atoms with van der Waals surface area (Å²) in [4.78, 5) is 21.3. The van der Waals surface area contributed by atoms with Crippen molar-refractivity contribution in [2.24, 2.45) is 0 Å². The van der Waals surface area contributed by atoms with Crippen LogP contribution in [0.5, 0.6) is 0 Å². The van der Waals surface area contributed by atoms with E-state index in [0.29, 0.717) is 18.2 Å². The second kappa shape index (κ2) is 10.4. The lowest BCUT2D eigenvalue weighted by Gasteiger charge is -2.35. The highest BCUT2D eigenvalue weighted by Crippen LogP contribution is 2.30. The van der Waals surface area contributed by atoms with E-state index in [1.807, 2.05) is 12.1 Å². The van der Waals surface area contributed by atoms with Gasteiger partial charge in [-0.15, -0.1) is 0 Å². The Balaban J connectivity index is 0.000000293. The number of nitrogens with one attached hydrogen (secondary N) is 1. The molecule has 0 spiro atoms. The van der Waals surface area contributed by atoms with E-state index >= 15 is 0 Å². The molecule has 0 amide bonds. The average molecular weight is 426 g/mol. The largest absolute Gasteiger partial charge is 0.478 e. The molecule has 1 saturated heterocycles. The molecule has 0 bridgehead atoms. The third-order valence-corrected chi connectivity index (χ3v) is 4.79. The molecule has 1 fully saturated rings. The van der Waals surface area contributed by atoms with Gasteiger partial charge in [0.15, 0.2) is 5.58 Å². The molecular weight excluding hydrogens is 403 g/mol. The number of piperazine rings is 1. The van der Waals surface area contributed by atoms with Crippen LogP contribution in [0.3, 0.4) is 0 Å². The van der Waals surface area contributed by atoms with Gasteiger partial charge in [-0.2, -0.15) is 0 Å². The summed E-state index contributed by atoms with van der Waals surface area (Å²) in [5, 5.41) is 20.0. The summed E-state index contributed by atoms with van der Waals surface area (Å²) in [6.07, 6.45) is 3.70. The molecule has 3 aromatic rings. The van der Waals surface area contributed by atoms with Crippen LogP contribution in [0.2, 0.25) is 0 Å². The van der Waals surface area contributed by atoms with Gasteiger partial charge in [0.05, 0.1) is 12.0 Å². The zero-order valence-corrected chi connectivity index (χ0v) is 16.7. The van der Waals surface area contributed by atoms with Crippen LogP contribution in [-0.2, 0) is 16.0 Å². The third-order valence-electron chi connectivity index (χ3n) is 4.79. The lowest BCUT2D eigenvalue weighted by Crippen LogP contribution is -2.51. The van der Waals surface area contributed by atoms with Crippen LogP contribution in [0.1, 0.15) is 5.56 Å². The Kier molecular flexibility index (Phi) is 7.40. The van der Waals surface area contributed by atoms with Crippen LogP contribution in [-0.4, -0.2) is 47.8 Å². The number of hydrogen-bond donors (Lipinski definition) is 3. The van der Waals surface area contributed by atoms with Crippen molar-refractivity contribution in [1.82, 2.24) is 5.32 Å². The maximum Gasteiger partial charge on any atom is 0.328 e. The molecule has 0 radical (unpaired) electrons. The summed E-state index contributed by atoms with van der Waals surface area (Å²) in [7, 11) is 0. The number of furan rings is 1. The van der Waals surface area contributed by atoms with Crippen LogP contribution in [0.25, 0.3) is 11.0 Å². The highest BCUT2D eigenvalue weighted by atomic mass is 19.1. The monoisotopic (exact) mass is 426 g/mol. The number of nitrogens with zero attached hydrogens (tertiary/aromatic N) is 1. The maximum absolute atomic E-state index is 13.9. The number of rotatable bonds is 5. The summed E-state index contributed by atoms with van der Waals surface area (Å²) >= 11 is 0. The maximum atomic E-state index is 13.9. The van der Waals surface area contributed by atoms with Crippen molar-refractivity contribution in [3.63, 3.8) is 0 Å². The van der Waals surface area contributed by atoms with E-state index in [0.717, 1.165) is 42.7 Å². The number of halogens is 1. The predicted molar refractivity (Wildman–Crippen MR) is 115 cm³/mol. The molecule has 31 heavy (non-hydrogen) atoms. The fourth-order valence-electron chi connectivity index (χ4n) is 3.48. The van der Waals surface area contributed by atoms with Crippen molar-refractivity contribution in [1.29, 1.82) is 0 Å². The van der Waals surface area contributed by atoms with Crippen molar-refractivity contribution >= 4 is 28.6 Å². The molecule has 3 N–H and O–H groups in total. The number of hydrogen-bond acceptors (Lipinski definition) is 5. The normalized spacial score (nSPS) is 16.2. The molecule has 4 rings (SSSR count). The fourth-order valence-corrected chi connectivity index (χ4v) is 3.48. The zero-order chi connectivity index (χ0) is 22.2. The quantitative estimate of drug-likeness (QED) is 0.538. The Morgan fingerprint density at radius 3 is 2.52 bits per heavy atom. The van der Waals surface area contributed by atoms with Gasteiger partial charge >= 0.3 is 11.9 Å². The van der Waals surface area contributed by atoms with Crippen molar-refractivity contribution in [3.05, 3.63) is 78.3 Å². The van der Waals surface area contributed by atoms with Crippen LogP contribution in [0, 0.1) is 5.82 Å². The SMILES string of the molecule is Fc1cc(N2CCN[C@@H](Cc3ccccc3)C2)c2occc2c1.O=C(O)/C=C/C(=O)O. The van der Waals surface area contributed by atoms with Gasteiger partial charge in [0.25, 0.3) is 0 Å². The number of aliphatic carboxylic acids is 2. The minimum atomic E-state index is -1.26. The first kappa shape index (κ1) is 22.0. The molecular formula is C23H23FN2O5. The summed E-state index contributed by atoms with van der Waals surface area (Å²) < 4.78 is 19.5. The van der Waals surface area contributed by atoms with E-state index in [4.69, 9.17) is 14.6 Å². The van der Waals surface area contributed by atoms with Crippen molar-refractivity contribution < 1.29 is 28.6 Å². The summed E-state index contributed by atoms with van der Waals surface area (Å²) in [6.45, 7) is 2.58. The second-order valence-electron chi connectivity index (χ2n) is 7.06. The lowest BCUT2D eigenvalue weighted by atomic mass is 10.0. The Morgan fingerprint density at radius 2 is 1.84 bits per heavy atom. The molecule has 0 aliphatic carbocycles. The first-order valence-corrected chi connectivity index (χ1v) is 9.75. The summed E-state index contributed by atoms with van der Waals surface area (Å²) in [5.74, 6) is -2.73. The highest BCUT2D eigenvalue weighted by Gasteiger charge is 2.22. The van der Waals surface area contributed by atoms with Crippen LogP contribution < -0.4 is 10.2 Å². The molecule has 162 valence electrons.